The molecule has 22 heavy (non-hydrogen) atoms. The first-order valence-electron chi connectivity index (χ1n) is 6.97. The molecule has 0 N–H and O–H groups in total. The molecule has 0 aliphatic carbocycles. The van der Waals surface area contributed by atoms with Gasteiger partial charge in [-0.1, -0.05) is 31.1 Å². The second kappa shape index (κ2) is 5.44. The molecule has 0 unspecified atom stereocenters. The van der Waals surface area contributed by atoms with Crippen molar-refractivity contribution in [3.05, 3.63) is 41.8 Å². The van der Waals surface area contributed by atoms with Gasteiger partial charge < -0.3 is 4.52 Å². The molecule has 118 valence electrons. The molecule has 0 saturated carbocycles. The van der Waals surface area contributed by atoms with Crippen LogP contribution in [0.15, 0.2) is 33.7 Å². The third-order valence-electron chi connectivity index (χ3n) is 3.63. The lowest BCUT2D eigenvalue weighted by Crippen LogP contribution is -2.48. The molecule has 1 aliphatic heterocycles. The fraction of sp³-hybridized carbons (Fsp3) is 0.429. The van der Waals surface area contributed by atoms with Gasteiger partial charge in [0.05, 0.1) is 5.92 Å². The fourth-order valence-corrected chi connectivity index (χ4v) is 3.83. The Bertz CT molecular complexity index is 782. The summed E-state index contributed by atoms with van der Waals surface area (Å²) in [6.45, 7) is 4.33. The SMILES string of the molecule is CC(C)c1noc(C2CN(S(=O)(=O)c3ccccc3F)C2)n1. The number of sulfonamides is 1. The van der Waals surface area contributed by atoms with E-state index in [0.717, 1.165) is 6.07 Å². The van der Waals surface area contributed by atoms with Gasteiger partial charge in [0, 0.05) is 19.0 Å². The van der Waals surface area contributed by atoms with E-state index in [1.54, 1.807) is 0 Å². The molecule has 1 aromatic heterocycles. The lowest BCUT2D eigenvalue weighted by atomic mass is 10.0. The first-order valence-corrected chi connectivity index (χ1v) is 8.41. The van der Waals surface area contributed by atoms with Gasteiger partial charge in [0.2, 0.25) is 15.9 Å². The van der Waals surface area contributed by atoms with Crippen molar-refractivity contribution in [3.63, 3.8) is 0 Å². The van der Waals surface area contributed by atoms with Gasteiger partial charge in [-0.25, -0.2) is 12.8 Å². The Labute approximate surface area is 128 Å². The lowest BCUT2D eigenvalue weighted by molar-refractivity contribution is 0.216. The van der Waals surface area contributed by atoms with Crippen LogP contribution < -0.4 is 0 Å². The topological polar surface area (TPSA) is 76.3 Å². The van der Waals surface area contributed by atoms with Crippen molar-refractivity contribution in [2.24, 2.45) is 0 Å². The third kappa shape index (κ3) is 2.52. The molecule has 1 aliphatic rings. The molecular formula is C14H16FN3O3S. The zero-order chi connectivity index (χ0) is 15.9. The van der Waals surface area contributed by atoms with E-state index >= 15 is 0 Å². The van der Waals surface area contributed by atoms with Crippen molar-refractivity contribution in [1.29, 1.82) is 0 Å². The third-order valence-corrected chi connectivity index (χ3v) is 5.49. The van der Waals surface area contributed by atoms with Gasteiger partial charge >= 0.3 is 0 Å². The summed E-state index contributed by atoms with van der Waals surface area (Å²) in [4.78, 5) is 3.96. The van der Waals surface area contributed by atoms with Crippen molar-refractivity contribution >= 4 is 10.0 Å². The van der Waals surface area contributed by atoms with Crippen LogP contribution in [0.25, 0.3) is 0 Å². The Morgan fingerprint density at radius 3 is 2.59 bits per heavy atom. The number of halogens is 1. The summed E-state index contributed by atoms with van der Waals surface area (Å²) < 4.78 is 44.7. The molecule has 6 nitrogen and oxygen atoms in total. The minimum atomic E-state index is -3.81. The summed E-state index contributed by atoms with van der Waals surface area (Å²) >= 11 is 0. The lowest BCUT2D eigenvalue weighted by Gasteiger charge is -2.35. The van der Waals surface area contributed by atoms with E-state index in [4.69, 9.17) is 4.52 Å². The van der Waals surface area contributed by atoms with Crippen LogP contribution in [0.4, 0.5) is 4.39 Å². The molecule has 0 spiro atoms. The first kappa shape index (κ1) is 15.1. The van der Waals surface area contributed by atoms with Crippen molar-refractivity contribution in [3.8, 4) is 0 Å². The van der Waals surface area contributed by atoms with E-state index in [-0.39, 0.29) is 29.8 Å². The second-order valence-corrected chi connectivity index (χ2v) is 7.50. The molecule has 2 heterocycles. The number of nitrogens with zero attached hydrogens (tertiary/aromatic N) is 3. The highest BCUT2D eigenvalue weighted by atomic mass is 32.2. The van der Waals surface area contributed by atoms with E-state index in [0.29, 0.717) is 11.7 Å². The molecule has 3 rings (SSSR count). The average Bonchev–Trinajstić information content (AvgIpc) is 2.86. The summed E-state index contributed by atoms with van der Waals surface area (Å²) in [5.41, 5.74) is 0. The van der Waals surface area contributed by atoms with Gasteiger partial charge in [-0.05, 0) is 12.1 Å². The Morgan fingerprint density at radius 1 is 1.32 bits per heavy atom. The predicted molar refractivity (Wildman–Crippen MR) is 76.3 cm³/mol. The molecule has 0 amide bonds. The van der Waals surface area contributed by atoms with Crippen molar-refractivity contribution in [1.82, 2.24) is 14.4 Å². The Balaban J connectivity index is 1.74. The monoisotopic (exact) mass is 325 g/mol. The van der Waals surface area contributed by atoms with Gasteiger partial charge in [-0.2, -0.15) is 9.29 Å². The highest BCUT2D eigenvalue weighted by Crippen LogP contribution is 2.32. The molecule has 8 heteroatoms. The summed E-state index contributed by atoms with van der Waals surface area (Å²) in [5, 5.41) is 3.86. The second-order valence-electron chi connectivity index (χ2n) is 5.59. The molecule has 0 atom stereocenters. The van der Waals surface area contributed by atoms with E-state index < -0.39 is 15.8 Å². The maximum Gasteiger partial charge on any atom is 0.246 e. The van der Waals surface area contributed by atoms with Crippen LogP contribution in [0.5, 0.6) is 0 Å². The number of hydrogen-bond acceptors (Lipinski definition) is 5. The highest BCUT2D eigenvalue weighted by molar-refractivity contribution is 7.89. The summed E-state index contributed by atoms with van der Waals surface area (Å²) in [6.07, 6.45) is 0. The Hall–Kier alpha value is -1.80. The number of benzene rings is 1. The maximum absolute atomic E-state index is 13.7. The standard InChI is InChI=1S/C14H16FN3O3S/c1-9(2)13-16-14(21-17-13)10-7-18(8-10)22(19,20)12-6-4-3-5-11(12)15/h3-6,9-10H,7-8H2,1-2H3. The minimum Gasteiger partial charge on any atom is -0.339 e. The van der Waals surface area contributed by atoms with E-state index in [1.807, 2.05) is 13.8 Å². The molecule has 1 fully saturated rings. The van der Waals surface area contributed by atoms with Crippen LogP contribution in [-0.2, 0) is 10.0 Å². The smallest absolute Gasteiger partial charge is 0.246 e. The molecule has 0 radical (unpaired) electrons. The number of hydrogen-bond donors (Lipinski definition) is 0. The quantitative estimate of drug-likeness (QED) is 0.860. The van der Waals surface area contributed by atoms with Gasteiger partial charge in [-0.15, -0.1) is 0 Å². The first-order chi connectivity index (χ1) is 10.4. The maximum atomic E-state index is 13.7. The summed E-state index contributed by atoms with van der Waals surface area (Å²) in [6, 6.07) is 5.36. The average molecular weight is 325 g/mol. The summed E-state index contributed by atoms with van der Waals surface area (Å²) in [7, 11) is -3.81. The van der Waals surface area contributed by atoms with Crippen LogP contribution >= 0.6 is 0 Å². The number of aromatic nitrogens is 2. The van der Waals surface area contributed by atoms with Crippen molar-refractivity contribution in [2.45, 2.75) is 30.6 Å². The van der Waals surface area contributed by atoms with E-state index in [1.165, 1.54) is 22.5 Å². The largest absolute Gasteiger partial charge is 0.339 e. The highest BCUT2D eigenvalue weighted by Gasteiger charge is 2.41. The van der Waals surface area contributed by atoms with Crippen LogP contribution in [0.3, 0.4) is 0 Å². The normalized spacial score (nSPS) is 16.9. The number of rotatable bonds is 4. The van der Waals surface area contributed by atoms with Gasteiger partial charge in [-0.3, -0.25) is 0 Å². The minimum absolute atomic E-state index is 0.137. The molecule has 1 aromatic carbocycles. The van der Waals surface area contributed by atoms with Gasteiger partial charge in [0.15, 0.2) is 5.82 Å². The van der Waals surface area contributed by atoms with Crippen LogP contribution in [-0.4, -0.2) is 36.0 Å². The zero-order valence-electron chi connectivity index (χ0n) is 12.2. The van der Waals surface area contributed by atoms with Crippen LogP contribution in [0.1, 0.15) is 37.4 Å². The van der Waals surface area contributed by atoms with Crippen LogP contribution in [0, 0.1) is 5.82 Å². The zero-order valence-corrected chi connectivity index (χ0v) is 13.0. The van der Waals surface area contributed by atoms with Gasteiger partial charge in [0.25, 0.3) is 0 Å². The fourth-order valence-electron chi connectivity index (χ4n) is 2.23. The molecule has 2 aromatic rings. The van der Waals surface area contributed by atoms with Crippen LogP contribution in [0.2, 0.25) is 0 Å². The molecular weight excluding hydrogens is 309 g/mol. The van der Waals surface area contributed by atoms with Gasteiger partial charge in [0.1, 0.15) is 10.7 Å². The Morgan fingerprint density at radius 2 is 2.00 bits per heavy atom. The van der Waals surface area contributed by atoms with Crippen molar-refractivity contribution < 1.29 is 17.3 Å². The van der Waals surface area contributed by atoms with Crippen molar-refractivity contribution in [2.75, 3.05) is 13.1 Å². The Kier molecular flexibility index (Phi) is 3.73. The molecule has 1 saturated heterocycles. The molecule has 0 bridgehead atoms. The predicted octanol–water partition coefficient (Wildman–Crippen LogP) is 2.12. The van der Waals surface area contributed by atoms with E-state index in [9.17, 15) is 12.8 Å². The van der Waals surface area contributed by atoms with E-state index in [2.05, 4.69) is 10.1 Å². The summed E-state index contributed by atoms with van der Waals surface area (Å²) in [5.74, 6) is 0.303.